The average molecular weight is 326 g/mol. The first-order valence-corrected chi connectivity index (χ1v) is 5.93. The van der Waals surface area contributed by atoms with Gasteiger partial charge in [-0.05, 0) is 12.5 Å². The minimum Gasteiger partial charge on any atom is -0.239 e. The zero-order valence-corrected chi connectivity index (χ0v) is 11.0. The Kier molecular flexibility index (Phi) is 4.94. The van der Waals surface area contributed by atoms with E-state index in [9.17, 15) is 35.1 Å². The van der Waals surface area contributed by atoms with Gasteiger partial charge in [-0.3, -0.25) is 0 Å². The molecular weight excluding hydrogens is 312 g/mol. The fourth-order valence-corrected chi connectivity index (χ4v) is 1.85. The maximum absolute atomic E-state index is 13.7. The van der Waals surface area contributed by atoms with Crippen LogP contribution in [0.5, 0.6) is 0 Å². The Bertz CT molecular complexity index is 384. The molecule has 0 aromatic heterocycles. The van der Waals surface area contributed by atoms with Crippen LogP contribution in [0.3, 0.4) is 0 Å². The standard InChI is InChI=1S/C11H14F8N2/c1-7(2)9(13,14)8(12)10(15,16)20-3-5-21(6-4-20)11(17,18)19/h8H,1,3-6H2,2H3. The van der Waals surface area contributed by atoms with Crippen LogP contribution in [0.2, 0.25) is 0 Å². The summed E-state index contributed by atoms with van der Waals surface area (Å²) in [5.74, 6) is -4.47. The topological polar surface area (TPSA) is 6.48 Å². The Morgan fingerprint density at radius 2 is 1.29 bits per heavy atom. The summed E-state index contributed by atoms with van der Waals surface area (Å²) in [6.07, 6.45) is -8.57. The number of halogens is 8. The summed E-state index contributed by atoms with van der Waals surface area (Å²) < 4.78 is 104. The van der Waals surface area contributed by atoms with E-state index < -0.39 is 56.2 Å². The second kappa shape index (κ2) is 5.71. The average Bonchev–Trinajstić information content (AvgIpc) is 2.36. The Morgan fingerprint density at radius 1 is 0.905 bits per heavy atom. The van der Waals surface area contributed by atoms with Gasteiger partial charge in [-0.15, -0.1) is 0 Å². The van der Waals surface area contributed by atoms with Crippen molar-refractivity contribution in [3.63, 3.8) is 0 Å². The molecule has 1 aliphatic heterocycles. The molecule has 21 heavy (non-hydrogen) atoms. The first-order chi connectivity index (χ1) is 9.31. The van der Waals surface area contributed by atoms with Gasteiger partial charge in [0, 0.05) is 26.2 Å². The fraction of sp³-hybridized carbons (Fsp3) is 0.818. The van der Waals surface area contributed by atoms with E-state index in [1.807, 2.05) is 0 Å². The number of rotatable bonds is 4. The smallest absolute Gasteiger partial charge is 0.239 e. The molecule has 2 nitrogen and oxygen atoms in total. The molecule has 1 unspecified atom stereocenters. The molecule has 1 heterocycles. The van der Waals surface area contributed by atoms with E-state index >= 15 is 0 Å². The van der Waals surface area contributed by atoms with Gasteiger partial charge in [-0.25, -0.2) is 14.2 Å². The molecule has 0 spiro atoms. The van der Waals surface area contributed by atoms with Crippen molar-refractivity contribution in [1.82, 2.24) is 9.80 Å². The summed E-state index contributed by atoms with van der Waals surface area (Å²) in [6.45, 7) is 0.0135. The molecule has 10 heteroatoms. The Morgan fingerprint density at radius 3 is 1.62 bits per heavy atom. The van der Waals surface area contributed by atoms with Crippen LogP contribution < -0.4 is 0 Å². The third-order valence-electron chi connectivity index (χ3n) is 3.25. The number of nitrogens with zero attached hydrogens (tertiary/aromatic N) is 2. The van der Waals surface area contributed by atoms with Crippen molar-refractivity contribution in [3.05, 3.63) is 12.2 Å². The van der Waals surface area contributed by atoms with Crippen LogP contribution in [0.4, 0.5) is 35.1 Å². The van der Waals surface area contributed by atoms with Crippen molar-refractivity contribution < 1.29 is 35.1 Å². The molecule has 0 amide bonds. The van der Waals surface area contributed by atoms with Crippen molar-refractivity contribution >= 4 is 0 Å². The minimum absolute atomic E-state index is 0.00322. The number of piperazine rings is 1. The lowest BCUT2D eigenvalue weighted by Gasteiger charge is -2.41. The molecule has 0 aromatic carbocycles. The van der Waals surface area contributed by atoms with Crippen LogP contribution in [0.25, 0.3) is 0 Å². The fourth-order valence-electron chi connectivity index (χ4n) is 1.85. The zero-order chi connectivity index (χ0) is 16.6. The van der Waals surface area contributed by atoms with Gasteiger partial charge >= 0.3 is 18.3 Å². The third-order valence-corrected chi connectivity index (χ3v) is 3.25. The molecule has 0 bridgehead atoms. The summed E-state index contributed by atoms with van der Waals surface area (Å²) in [5.41, 5.74) is -1.08. The van der Waals surface area contributed by atoms with Gasteiger partial charge in [0.1, 0.15) is 0 Å². The van der Waals surface area contributed by atoms with Gasteiger partial charge in [0.15, 0.2) is 0 Å². The summed E-state index contributed by atoms with van der Waals surface area (Å²) in [4.78, 5) is -0.0412. The molecule has 0 N–H and O–H groups in total. The quantitative estimate of drug-likeness (QED) is 0.444. The molecule has 1 rings (SSSR count). The monoisotopic (exact) mass is 326 g/mol. The lowest BCUT2D eigenvalue weighted by atomic mass is 10.0. The van der Waals surface area contributed by atoms with E-state index in [4.69, 9.17) is 0 Å². The Hall–Kier alpha value is -0.900. The summed E-state index contributed by atoms with van der Waals surface area (Å²) in [7, 11) is 0. The van der Waals surface area contributed by atoms with Crippen LogP contribution >= 0.6 is 0 Å². The summed E-state index contributed by atoms with van der Waals surface area (Å²) in [6, 6.07) is -4.58. The second-order valence-electron chi connectivity index (χ2n) is 4.80. The molecule has 1 atom stereocenters. The van der Waals surface area contributed by atoms with Gasteiger partial charge in [0.2, 0.25) is 6.17 Å². The van der Waals surface area contributed by atoms with Gasteiger partial charge in [-0.1, -0.05) is 6.58 Å². The summed E-state index contributed by atoms with van der Waals surface area (Å²) in [5, 5.41) is 0. The van der Waals surface area contributed by atoms with Crippen molar-refractivity contribution in [2.75, 3.05) is 26.2 Å². The van der Waals surface area contributed by atoms with Crippen molar-refractivity contribution in [2.45, 2.75) is 31.4 Å². The molecule has 0 saturated carbocycles. The van der Waals surface area contributed by atoms with E-state index in [0.717, 1.165) is 0 Å². The largest absolute Gasteiger partial charge is 0.460 e. The van der Waals surface area contributed by atoms with Gasteiger partial charge in [0.25, 0.3) is 0 Å². The number of allylic oxidation sites excluding steroid dienone is 1. The van der Waals surface area contributed by atoms with Crippen LogP contribution in [-0.4, -0.2) is 60.4 Å². The maximum atomic E-state index is 13.7. The first kappa shape index (κ1) is 18.1. The lowest BCUT2D eigenvalue weighted by Crippen LogP contribution is -2.62. The number of hydrogen-bond donors (Lipinski definition) is 0. The van der Waals surface area contributed by atoms with Gasteiger partial charge in [0.05, 0.1) is 0 Å². The van der Waals surface area contributed by atoms with Crippen LogP contribution in [-0.2, 0) is 0 Å². The molecule has 124 valence electrons. The predicted octanol–water partition coefficient (Wildman–Crippen LogP) is 3.27. The first-order valence-electron chi connectivity index (χ1n) is 5.93. The molecule has 0 aliphatic carbocycles. The zero-order valence-electron chi connectivity index (χ0n) is 11.0. The molecule has 1 saturated heterocycles. The molecular formula is C11H14F8N2. The highest BCUT2D eigenvalue weighted by atomic mass is 19.4. The van der Waals surface area contributed by atoms with E-state index in [0.29, 0.717) is 6.92 Å². The highest BCUT2D eigenvalue weighted by molar-refractivity contribution is 5.10. The normalized spacial score (nSPS) is 21.4. The van der Waals surface area contributed by atoms with E-state index in [-0.39, 0.29) is 9.80 Å². The van der Waals surface area contributed by atoms with Crippen molar-refractivity contribution in [2.24, 2.45) is 0 Å². The van der Waals surface area contributed by atoms with E-state index in [1.54, 1.807) is 0 Å². The van der Waals surface area contributed by atoms with Crippen LogP contribution in [0.15, 0.2) is 12.2 Å². The molecule has 1 fully saturated rings. The predicted molar refractivity (Wildman–Crippen MR) is 58.8 cm³/mol. The summed E-state index contributed by atoms with van der Waals surface area (Å²) >= 11 is 0. The van der Waals surface area contributed by atoms with Crippen molar-refractivity contribution in [1.29, 1.82) is 0 Å². The van der Waals surface area contributed by atoms with Crippen LogP contribution in [0.1, 0.15) is 6.92 Å². The van der Waals surface area contributed by atoms with E-state index in [2.05, 4.69) is 6.58 Å². The molecule has 1 aliphatic rings. The maximum Gasteiger partial charge on any atom is 0.460 e. The molecule has 0 aromatic rings. The Labute approximate surface area is 116 Å². The third kappa shape index (κ3) is 3.65. The highest BCUT2D eigenvalue weighted by Crippen LogP contribution is 2.40. The van der Waals surface area contributed by atoms with Gasteiger partial charge < -0.3 is 0 Å². The Balaban J connectivity index is 2.80. The van der Waals surface area contributed by atoms with Gasteiger partial charge in [-0.2, -0.15) is 30.7 Å². The molecule has 0 radical (unpaired) electrons. The SMILES string of the molecule is C=C(C)C(F)(F)C(F)C(F)(F)N1CCN(C(F)(F)F)CC1. The highest BCUT2D eigenvalue weighted by Gasteiger charge is 2.60. The second-order valence-corrected chi connectivity index (χ2v) is 4.80. The minimum atomic E-state index is -4.70. The van der Waals surface area contributed by atoms with Crippen molar-refractivity contribution in [3.8, 4) is 0 Å². The lowest BCUT2D eigenvalue weighted by molar-refractivity contribution is -0.280. The van der Waals surface area contributed by atoms with Crippen LogP contribution in [0, 0.1) is 0 Å². The number of hydrogen-bond acceptors (Lipinski definition) is 2. The van der Waals surface area contributed by atoms with E-state index in [1.165, 1.54) is 0 Å². The number of alkyl halides is 8.